The Morgan fingerprint density at radius 2 is 1.55 bits per heavy atom. The highest BCUT2D eigenvalue weighted by atomic mass is 35.5. The summed E-state index contributed by atoms with van der Waals surface area (Å²) in [6, 6.07) is 41.6. The van der Waals surface area contributed by atoms with Crippen LogP contribution in [-0.4, -0.2) is 87.5 Å². The van der Waals surface area contributed by atoms with Gasteiger partial charge in [-0.2, -0.15) is 0 Å². The Balaban J connectivity index is 1.06. The third kappa shape index (κ3) is 7.92. The van der Waals surface area contributed by atoms with Gasteiger partial charge in [0.25, 0.3) is 11.8 Å². The van der Waals surface area contributed by atoms with E-state index in [1.165, 1.54) is 0 Å². The molecule has 11 nitrogen and oxygen atoms in total. The van der Waals surface area contributed by atoms with Gasteiger partial charge in [0.05, 0.1) is 53.2 Å². The van der Waals surface area contributed by atoms with Gasteiger partial charge in [-0.25, -0.2) is 0 Å². The number of hydrogen-bond donors (Lipinski definition) is 2. The van der Waals surface area contributed by atoms with Gasteiger partial charge < -0.3 is 34.6 Å². The number of carbonyl (C=O) groups excluding carboxylic acids is 3. The SMILES string of the molecule is COc1ccc([Si](C)(C)[C@@H]2[C@@H](CC(=O)N(CCO)Cc3ccccc3)O[C@]3(C(=O)N(Cc4cccc(N5CN(c6ccccc6)C6(CCNCC6)C5=O)c4)c4ccc(Cl)cc43)[C@H]2C)cc1. The number of nitrogens with zero attached hydrogens (tertiary/aromatic N) is 4. The Labute approximate surface area is 387 Å². The van der Waals surface area contributed by atoms with E-state index in [-0.39, 0.29) is 55.3 Å². The van der Waals surface area contributed by atoms with Gasteiger partial charge in [0.15, 0.2) is 5.60 Å². The van der Waals surface area contributed by atoms with Crippen LogP contribution in [0.5, 0.6) is 5.75 Å². The van der Waals surface area contributed by atoms with E-state index in [9.17, 15) is 14.7 Å². The minimum atomic E-state index is -2.58. The highest BCUT2D eigenvalue weighted by molar-refractivity contribution is 6.91. The fourth-order valence-electron chi connectivity index (χ4n) is 11.3. The molecule has 9 rings (SSSR count). The Morgan fingerprint density at radius 1 is 0.877 bits per heavy atom. The van der Waals surface area contributed by atoms with E-state index in [2.05, 4.69) is 54.5 Å². The molecule has 0 saturated carbocycles. The zero-order chi connectivity index (χ0) is 45.5. The predicted octanol–water partition coefficient (Wildman–Crippen LogP) is 7.46. The number of aliphatic hydroxyl groups is 1. The Hall–Kier alpha value is -5.50. The van der Waals surface area contributed by atoms with Crippen molar-refractivity contribution in [3.63, 3.8) is 0 Å². The molecule has 338 valence electrons. The van der Waals surface area contributed by atoms with Crippen LogP contribution in [0.25, 0.3) is 0 Å². The first-order chi connectivity index (χ1) is 31.4. The molecule has 3 fully saturated rings. The molecule has 13 heteroatoms. The number of aliphatic hydroxyl groups excluding tert-OH is 1. The number of carbonyl (C=O) groups is 3. The molecule has 3 amide bonds. The standard InChI is InChI=1S/C52H58ClN5O6Si/c1-36-48(65(3,4)43-21-19-42(63-2)20-22-43)46(32-47(60)55(28-29-59)33-37-12-7-5-8-13-37)64-52(36)44-31-39(53)18-23-45(44)56(50(52)62)34-38-14-11-17-41(30-38)57-35-58(40-15-9-6-10-16-40)51(49(57)61)24-26-54-27-25-51/h5-23,30-31,36,46,48,54,59H,24-29,32-35H2,1-4H3/t36-,46+,48-,52+/m0/s1. The summed E-state index contributed by atoms with van der Waals surface area (Å²) in [5.41, 5.74) is 2.73. The summed E-state index contributed by atoms with van der Waals surface area (Å²) in [6.07, 6.45) is 0.810. The van der Waals surface area contributed by atoms with Gasteiger partial charge in [0, 0.05) is 41.0 Å². The van der Waals surface area contributed by atoms with Crippen LogP contribution in [0.1, 0.15) is 42.9 Å². The molecule has 2 N–H and O–H groups in total. The smallest absolute Gasteiger partial charge is 0.264 e. The van der Waals surface area contributed by atoms with Crippen molar-refractivity contribution < 1.29 is 29.0 Å². The lowest BCUT2D eigenvalue weighted by molar-refractivity contribution is -0.150. The molecule has 3 saturated heterocycles. The van der Waals surface area contributed by atoms with E-state index in [0.29, 0.717) is 42.3 Å². The van der Waals surface area contributed by atoms with Crippen LogP contribution in [-0.2, 0) is 37.8 Å². The summed E-state index contributed by atoms with van der Waals surface area (Å²) in [6.45, 7) is 9.17. The maximum absolute atomic E-state index is 15.7. The molecule has 0 radical (unpaired) electrons. The summed E-state index contributed by atoms with van der Waals surface area (Å²) in [4.78, 5) is 52.4. The third-order valence-electron chi connectivity index (χ3n) is 14.6. The Bertz CT molecular complexity index is 2540. The average Bonchev–Trinajstić information content (AvgIpc) is 3.86. The quantitative estimate of drug-likeness (QED) is 0.117. The van der Waals surface area contributed by atoms with Gasteiger partial charge in [0.2, 0.25) is 5.91 Å². The third-order valence-corrected chi connectivity index (χ3v) is 19.2. The monoisotopic (exact) mass is 911 g/mol. The van der Waals surface area contributed by atoms with Crippen molar-refractivity contribution in [2.45, 2.75) is 75.2 Å². The van der Waals surface area contributed by atoms with Gasteiger partial charge in [0.1, 0.15) is 11.3 Å². The molecule has 0 aromatic heterocycles. The molecule has 65 heavy (non-hydrogen) atoms. The minimum absolute atomic E-state index is 0.0306. The maximum atomic E-state index is 15.7. The van der Waals surface area contributed by atoms with Crippen molar-refractivity contribution in [3.8, 4) is 5.75 Å². The van der Waals surface area contributed by atoms with Crippen molar-refractivity contribution in [2.24, 2.45) is 5.92 Å². The highest BCUT2D eigenvalue weighted by Crippen LogP contribution is 2.60. The number of para-hydroxylation sites is 1. The van der Waals surface area contributed by atoms with Crippen molar-refractivity contribution in [3.05, 3.63) is 149 Å². The molecule has 2 spiro atoms. The molecule has 4 atom stereocenters. The molecular weight excluding hydrogens is 854 g/mol. The number of ether oxygens (including phenoxy) is 2. The van der Waals surface area contributed by atoms with E-state index in [1.807, 2.05) is 102 Å². The summed E-state index contributed by atoms with van der Waals surface area (Å²) in [7, 11) is -0.934. The number of halogens is 1. The normalized spacial score (nSPS) is 22.6. The zero-order valence-electron chi connectivity index (χ0n) is 37.6. The fourth-order valence-corrected chi connectivity index (χ4v) is 15.5. The molecule has 4 aliphatic heterocycles. The van der Waals surface area contributed by atoms with Crippen molar-refractivity contribution in [2.75, 3.05) is 54.7 Å². The molecule has 0 aliphatic carbocycles. The van der Waals surface area contributed by atoms with Gasteiger partial charge in [-0.3, -0.25) is 19.3 Å². The summed E-state index contributed by atoms with van der Waals surface area (Å²) in [5.74, 6) is 0.116. The Morgan fingerprint density at radius 3 is 2.25 bits per heavy atom. The predicted molar refractivity (Wildman–Crippen MR) is 258 cm³/mol. The lowest BCUT2D eigenvalue weighted by Crippen LogP contribution is -2.55. The number of benzene rings is 5. The van der Waals surface area contributed by atoms with Crippen LogP contribution in [0, 0.1) is 5.92 Å². The van der Waals surface area contributed by atoms with Crippen LogP contribution in [0.3, 0.4) is 0 Å². The molecule has 4 heterocycles. The number of fused-ring (bicyclic) bond motifs is 2. The number of piperidine rings is 1. The number of methoxy groups -OCH3 is 1. The summed E-state index contributed by atoms with van der Waals surface area (Å²) >= 11 is 6.82. The number of amides is 3. The maximum Gasteiger partial charge on any atom is 0.264 e. The van der Waals surface area contributed by atoms with Crippen LogP contribution < -0.4 is 29.9 Å². The summed E-state index contributed by atoms with van der Waals surface area (Å²) in [5, 5.41) is 15.2. The second-order valence-electron chi connectivity index (χ2n) is 18.5. The van der Waals surface area contributed by atoms with E-state index in [1.54, 1.807) is 23.0 Å². The van der Waals surface area contributed by atoms with E-state index in [0.717, 1.165) is 46.5 Å². The lowest BCUT2D eigenvalue weighted by Gasteiger charge is -2.39. The molecule has 4 aliphatic rings. The van der Waals surface area contributed by atoms with Crippen molar-refractivity contribution in [1.82, 2.24) is 10.2 Å². The van der Waals surface area contributed by atoms with Gasteiger partial charge >= 0.3 is 0 Å². The molecular formula is C52H58ClN5O6Si. The molecule has 0 unspecified atom stereocenters. The molecule has 5 aromatic rings. The largest absolute Gasteiger partial charge is 0.497 e. The molecule has 0 bridgehead atoms. The second kappa shape index (κ2) is 18.1. The zero-order valence-corrected chi connectivity index (χ0v) is 39.3. The average molecular weight is 913 g/mol. The first kappa shape index (κ1) is 44.7. The summed E-state index contributed by atoms with van der Waals surface area (Å²) < 4.78 is 12.8. The second-order valence-corrected chi connectivity index (χ2v) is 23.7. The Kier molecular flexibility index (Phi) is 12.4. The van der Waals surface area contributed by atoms with Gasteiger partial charge in [-0.05, 0) is 97.2 Å². The highest BCUT2D eigenvalue weighted by Gasteiger charge is 2.66. The van der Waals surface area contributed by atoms with E-state index < -0.39 is 25.3 Å². The van der Waals surface area contributed by atoms with Crippen LogP contribution in [0.15, 0.2) is 127 Å². The first-order valence-electron chi connectivity index (χ1n) is 22.7. The van der Waals surface area contributed by atoms with Crippen LogP contribution >= 0.6 is 11.6 Å². The number of rotatable bonds is 13. The number of nitrogens with one attached hydrogen (secondary N) is 1. The van der Waals surface area contributed by atoms with Crippen molar-refractivity contribution in [1.29, 1.82) is 0 Å². The first-order valence-corrected chi connectivity index (χ1v) is 26.2. The minimum Gasteiger partial charge on any atom is -0.497 e. The molecule has 5 aromatic carbocycles. The van der Waals surface area contributed by atoms with Crippen LogP contribution in [0.2, 0.25) is 23.7 Å². The van der Waals surface area contributed by atoms with E-state index >= 15 is 4.79 Å². The lowest BCUT2D eigenvalue weighted by atomic mass is 9.82. The topological polar surface area (TPSA) is 115 Å². The van der Waals surface area contributed by atoms with E-state index in [4.69, 9.17) is 21.1 Å². The van der Waals surface area contributed by atoms with Gasteiger partial charge in [-0.15, -0.1) is 0 Å². The number of hydrogen-bond acceptors (Lipinski definition) is 8. The fraction of sp³-hybridized carbons (Fsp3) is 0.365. The van der Waals surface area contributed by atoms with Crippen molar-refractivity contribution >= 4 is 59.6 Å². The van der Waals surface area contributed by atoms with Crippen LogP contribution in [0.4, 0.5) is 17.1 Å². The van der Waals surface area contributed by atoms with Gasteiger partial charge in [-0.1, -0.05) is 110 Å². The number of anilines is 3.